The van der Waals surface area contributed by atoms with Crippen LogP contribution in [0.4, 0.5) is 8.78 Å². The SMILES string of the molecule is Fc1cccc(C2CCCCCC2Br)c1F. The van der Waals surface area contributed by atoms with Crippen molar-refractivity contribution < 1.29 is 8.78 Å². The number of alkyl halides is 1. The van der Waals surface area contributed by atoms with Gasteiger partial charge in [0.2, 0.25) is 0 Å². The van der Waals surface area contributed by atoms with Crippen molar-refractivity contribution in [3.8, 4) is 0 Å². The molecule has 2 unspecified atom stereocenters. The number of hydrogen-bond acceptors (Lipinski definition) is 0. The second kappa shape index (κ2) is 5.26. The van der Waals surface area contributed by atoms with Crippen LogP contribution in [0, 0.1) is 11.6 Å². The molecule has 0 nitrogen and oxygen atoms in total. The summed E-state index contributed by atoms with van der Waals surface area (Å²) in [6.07, 6.45) is 5.44. The van der Waals surface area contributed by atoms with Gasteiger partial charge >= 0.3 is 0 Å². The summed E-state index contributed by atoms with van der Waals surface area (Å²) in [6, 6.07) is 4.49. The summed E-state index contributed by atoms with van der Waals surface area (Å²) < 4.78 is 26.9. The van der Waals surface area contributed by atoms with Crippen LogP contribution in [0.2, 0.25) is 0 Å². The molecule has 0 bridgehead atoms. The van der Waals surface area contributed by atoms with Crippen molar-refractivity contribution in [1.82, 2.24) is 0 Å². The number of rotatable bonds is 1. The molecule has 88 valence electrons. The van der Waals surface area contributed by atoms with Crippen LogP contribution < -0.4 is 0 Å². The Morgan fingerprint density at radius 1 is 1.06 bits per heavy atom. The van der Waals surface area contributed by atoms with Crippen LogP contribution in [0.1, 0.15) is 43.6 Å². The summed E-state index contributed by atoms with van der Waals surface area (Å²) in [5.74, 6) is -1.29. The highest BCUT2D eigenvalue weighted by molar-refractivity contribution is 9.09. The predicted octanol–water partition coefficient (Wildman–Crippen LogP) is 4.78. The molecule has 0 aromatic heterocycles. The molecule has 1 aromatic carbocycles. The predicted molar refractivity (Wildman–Crippen MR) is 64.9 cm³/mol. The van der Waals surface area contributed by atoms with Crippen LogP contribution in [0.25, 0.3) is 0 Å². The molecule has 0 N–H and O–H groups in total. The van der Waals surface area contributed by atoms with E-state index in [-0.39, 0.29) is 10.7 Å². The quantitative estimate of drug-likeness (QED) is 0.515. The molecule has 1 saturated carbocycles. The van der Waals surface area contributed by atoms with Crippen molar-refractivity contribution in [2.45, 2.75) is 42.8 Å². The van der Waals surface area contributed by atoms with Crippen LogP contribution in [-0.4, -0.2) is 4.83 Å². The van der Waals surface area contributed by atoms with Crippen molar-refractivity contribution in [3.05, 3.63) is 35.4 Å². The van der Waals surface area contributed by atoms with Crippen molar-refractivity contribution >= 4 is 15.9 Å². The van der Waals surface area contributed by atoms with Gasteiger partial charge in [-0.25, -0.2) is 8.78 Å². The highest BCUT2D eigenvalue weighted by Gasteiger charge is 2.26. The standard InChI is InChI=1S/C13H15BrF2/c14-11-7-3-1-2-5-9(11)10-6-4-8-12(15)13(10)16/h4,6,8-9,11H,1-3,5,7H2. The van der Waals surface area contributed by atoms with Crippen molar-refractivity contribution in [1.29, 1.82) is 0 Å². The van der Waals surface area contributed by atoms with Gasteiger partial charge in [-0.15, -0.1) is 0 Å². The maximum Gasteiger partial charge on any atom is 0.162 e. The lowest BCUT2D eigenvalue weighted by Crippen LogP contribution is -2.13. The molecule has 3 heteroatoms. The maximum atomic E-state index is 13.7. The largest absolute Gasteiger partial charge is 0.204 e. The topological polar surface area (TPSA) is 0 Å². The molecule has 1 aromatic rings. The molecule has 0 saturated heterocycles. The van der Waals surface area contributed by atoms with Gasteiger partial charge in [0, 0.05) is 4.83 Å². The Labute approximate surface area is 103 Å². The highest BCUT2D eigenvalue weighted by atomic mass is 79.9. The molecule has 0 spiro atoms. The van der Waals surface area contributed by atoms with Gasteiger partial charge in [0.15, 0.2) is 11.6 Å². The lowest BCUT2D eigenvalue weighted by atomic mass is 9.91. The van der Waals surface area contributed by atoms with Gasteiger partial charge in [0.25, 0.3) is 0 Å². The summed E-state index contributed by atoms with van der Waals surface area (Å²) >= 11 is 3.61. The van der Waals surface area contributed by atoms with E-state index in [0.717, 1.165) is 19.3 Å². The molecule has 0 amide bonds. The van der Waals surface area contributed by atoms with Crippen molar-refractivity contribution in [2.75, 3.05) is 0 Å². The monoisotopic (exact) mass is 288 g/mol. The Morgan fingerprint density at radius 2 is 1.81 bits per heavy atom. The number of hydrogen-bond donors (Lipinski definition) is 0. The third kappa shape index (κ3) is 2.45. The van der Waals surface area contributed by atoms with Gasteiger partial charge in [0.05, 0.1) is 0 Å². The molecule has 1 aliphatic rings. The number of benzene rings is 1. The lowest BCUT2D eigenvalue weighted by molar-refractivity contribution is 0.479. The molecule has 0 radical (unpaired) electrons. The molecular weight excluding hydrogens is 274 g/mol. The van der Waals surface area contributed by atoms with E-state index in [1.165, 1.54) is 18.9 Å². The Bertz CT molecular complexity index is 365. The molecule has 1 aliphatic carbocycles. The molecule has 2 rings (SSSR count). The second-order valence-corrected chi connectivity index (χ2v) is 5.58. The van der Waals surface area contributed by atoms with Crippen LogP contribution >= 0.6 is 15.9 Å². The fourth-order valence-corrected chi connectivity index (χ4v) is 3.29. The molecule has 0 aliphatic heterocycles. The fourth-order valence-electron chi connectivity index (χ4n) is 2.42. The average Bonchev–Trinajstić information content (AvgIpc) is 2.47. The summed E-state index contributed by atoms with van der Waals surface area (Å²) in [6.45, 7) is 0. The summed E-state index contributed by atoms with van der Waals surface area (Å²) in [4.78, 5) is 0.270. The lowest BCUT2D eigenvalue weighted by Gasteiger charge is -2.20. The Hall–Kier alpha value is -0.440. The van der Waals surface area contributed by atoms with E-state index in [1.54, 1.807) is 12.1 Å². The first-order valence-electron chi connectivity index (χ1n) is 5.78. The first kappa shape index (κ1) is 12.0. The Kier molecular flexibility index (Phi) is 3.95. The van der Waals surface area contributed by atoms with Gasteiger partial charge in [-0.1, -0.05) is 47.3 Å². The first-order chi connectivity index (χ1) is 7.70. The van der Waals surface area contributed by atoms with Gasteiger partial charge in [-0.3, -0.25) is 0 Å². The van der Waals surface area contributed by atoms with Crippen molar-refractivity contribution in [2.24, 2.45) is 0 Å². The highest BCUT2D eigenvalue weighted by Crippen LogP contribution is 2.37. The summed E-state index contributed by atoms with van der Waals surface area (Å²) in [7, 11) is 0. The van der Waals surface area contributed by atoms with Gasteiger partial charge in [-0.2, -0.15) is 0 Å². The van der Waals surface area contributed by atoms with E-state index in [0.29, 0.717) is 5.56 Å². The van der Waals surface area contributed by atoms with E-state index in [4.69, 9.17) is 0 Å². The third-order valence-corrected chi connectivity index (χ3v) is 4.41. The minimum atomic E-state index is -0.735. The van der Waals surface area contributed by atoms with E-state index >= 15 is 0 Å². The fraction of sp³-hybridized carbons (Fsp3) is 0.538. The number of halogens is 3. The van der Waals surface area contributed by atoms with E-state index in [2.05, 4.69) is 15.9 Å². The van der Waals surface area contributed by atoms with Crippen LogP contribution in [0.3, 0.4) is 0 Å². The zero-order chi connectivity index (χ0) is 11.5. The minimum absolute atomic E-state index is 0.109. The summed E-state index contributed by atoms with van der Waals surface area (Å²) in [5.41, 5.74) is 0.531. The first-order valence-corrected chi connectivity index (χ1v) is 6.69. The maximum absolute atomic E-state index is 13.7. The van der Waals surface area contributed by atoms with E-state index in [1.807, 2.05) is 0 Å². The smallest absolute Gasteiger partial charge is 0.162 e. The second-order valence-electron chi connectivity index (χ2n) is 4.40. The zero-order valence-electron chi connectivity index (χ0n) is 9.06. The molecular formula is C13H15BrF2. The van der Waals surface area contributed by atoms with Gasteiger partial charge < -0.3 is 0 Å². The molecule has 1 fully saturated rings. The van der Waals surface area contributed by atoms with Gasteiger partial charge in [-0.05, 0) is 30.4 Å². The normalized spacial score (nSPS) is 26.4. The van der Waals surface area contributed by atoms with Crippen LogP contribution in [0.5, 0.6) is 0 Å². The molecule has 2 atom stereocenters. The van der Waals surface area contributed by atoms with Crippen LogP contribution in [0.15, 0.2) is 18.2 Å². The molecule has 16 heavy (non-hydrogen) atoms. The minimum Gasteiger partial charge on any atom is -0.204 e. The van der Waals surface area contributed by atoms with E-state index in [9.17, 15) is 8.78 Å². The van der Waals surface area contributed by atoms with Crippen LogP contribution in [-0.2, 0) is 0 Å². The molecule has 0 heterocycles. The van der Waals surface area contributed by atoms with Crippen molar-refractivity contribution in [3.63, 3.8) is 0 Å². The third-order valence-electron chi connectivity index (χ3n) is 3.31. The zero-order valence-corrected chi connectivity index (χ0v) is 10.6. The Morgan fingerprint density at radius 3 is 2.62 bits per heavy atom. The van der Waals surface area contributed by atoms with Gasteiger partial charge in [0.1, 0.15) is 0 Å². The average molecular weight is 289 g/mol. The summed E-state index contributed by atoms with van der Waals surface area (Å²) in [5, 5.41) is 0. The Balaban J connectivity index is 2.30. The van der Waals surface area contributed by atoms with E-state index < -0.39 is 11.6 Å².